The fourth-order valence-corrected chi connectivity index (χ4v) is 3.67. The maximum absolute atomic E-state index is 12.6. The summed E-state index contributed by atoms with van der Waals surface area (Å²) in [4.78, 5) is 29.4. The van der Waals surface area contributed by atoms with Gasteiger partial charge in [-0.3, -0.25) is 14.5 Å². The maximum Gasteiger partial charge on any atom is 0.278 e. The van der Waals surface area contributed by atoms with Crippen LogP contribution in [0.25, 0.3) is 10.9 Å². The predicted molar refractivity (Wildman–Crippen MR) is 100 cm³/mol. The van der Waals surface area contributed by atoms with E-state index in [1.54, 1.807) is 18.2 Å². The number of carbonyl (C=O) groups excluding carboxylic acids is 1. The Morgan fingerprint density at radius 1 is 1.19 bits per heavy atom. The van der Waals surface area contributed by atoms with Crippen LogP contribution < -0.4 is 10.9 Å². The highest BCUT2D eigenvalue weighted by atomic mass is 35.5. The molecule has 9 heteroatoms. The van der Waals surface area contributed by atoms with Crippen LogP contribution in [0.15, 0.2) is 29.1 Å². The van der Waals surface area contributed by atoms with Crippen molar-refractivity contribution >= 4 is 29.2 Å². The lowest BCUT2D eigenvalue weighted by atomic mass is 10.2. The first kappa shape index (κ1) is 18.8. The summed E-state index contributed by atoms with van der Waals surface area (Å²) in [7, 11) is 0. The molecule has 0 bridgehead atoms. The van der Waals surface area contributed by atoms with Crippen molar-refractivity contribution in [2.45, 2.75) is 19.0 Å². The Hall–Kier alpha value is -2.03. The quantitative estimate of drug-likeness (QED) is 0.791. The van der Waals surface area contributed by atoms with Gasteiger partial charge in [-0.1, -0.05) is 17.3 Å². The van der Waals surface area contributed by atoms with E-state index < -0.39 is 0 Å². The number of benzene rings is 1. The van der Waals surface area contributed by atoms with E-state index in [9.17, 15) is 9.59 Å². The van der Waals surface area contributed by atoms with Crippen molar-refractivity contribution in [3.8, 4) is 0 Å². The van der Waals surface area contributed by atoms with Gasteiger partial charge in [0.15, 0.2) is 0 Å². The standard InChI is InChI=1S/C17H22N6O2.ClH/c24-16(22-8-5-13(11-22)21-9-6-18-7-10-21)12-23-17(25)14-3-1-2-4-15(14)19-20-23;/h1-4,13,18H,5-12H2;1H. The molecule has 140 valence electrons. The van der Waals surface area contributed by atoms with Gasteiger partial charge in [0, 0.05) is 45.3 Å². The van der Waals surface area contributed by atoms with Crippen LogP contribution in [0, 0.1) is 0 Å². The van der Waals surface area contributed by atoms with E-state index in [-0.39, 0.29) is 30.4 Å². The molecule has 2 fully saturated rings. The Balaban J connectivity index is 0.00000196. The number of amides is 1. The fraction of sp³-hybridized carbons (Fsp3) is 0.529. The van der Waals surface area contributed by atoms with Crippen LogP contribution in [0.2, 0.25) is 0 Å². The monoisotopic (exact) mass is 378 g/mol. The average molecular weight is 379 g/mol. The topological polar surface area (TPSA) is 83.4 Å². The molecule has 0 radical (unpaired) electrons. The summed E-state index contributed by atoms with van der Waals surface area (Å²) >= 11 is 0. The van der Waals surface area contributed by atoms with E-state index in [1.807, 2.05) is 11.0 Å². The minimum atomic E-state index is -0.267. The molecule has 1 unspecified atom stereocenters. The molecule has 1 aromatic heterocycles. The van der Waals surface area contributed by atoms with Crippen molar-refractivity contribution < 1.29 is 4.79 Å². The van der Waals surface area contributed by atoms with Crippen molar-refractivity contribution in [3.05, 3.63) is 34.6 Å². The third kappa shape index (κ3) is 3.72. The van der Waals surface area contributed by atoms with Crippen LogP contribution in [0.3, 0.4) is 0 Å². The molecule has 2 aromatic rings. The summed E-state index contributed by atoms with van der Waals surface area (Å²) in [6.45, 7) is 5.49. The number of carbonyl (C=O) groups is 1. The molecule has 1 atom stereocenters. The molecule has 0 spiro atoms. The number of nitrogens with zero attached hydrogens (tertiary/aromatic N) is 5. The van der Waals surface area contributed by atoms with Gasteiger partial charge in [-0.15, -0.1) is 17.5 Å². The zero-order valence-electron chi connectivity index (χ0n) is 14.5. The van der Waals surface area contributed by atoms with Gasteiger partial charge in [-0.2, -0.15) is 0 Å². The largest absolute Gasteiger partial charge is 0.339 e. The molecule has 1 N–H and O–H groups in total. The fourth-order valence-electron chi connectivity index (χ4n) is 3.67. The number of rotatable bonds is 3. The van der Waals surface area contributed by atoms with Gasteiger partial charge in [0.1, 0.15) is 12.1 Å². The second-order valence-electron chi connectivity index (χ2n) is 6.64. The molecular weight excluding hydrogens is 356 g/mol. The lowest BCUT2D eigenvalue weighted by Crippen LogP contribution is -2.49. The highest BCUT2D eigenvalue weighted by Crippen LogP contribution is 2.16. The zero-order valence-corrected chi connectivity index (χ0v) is 15.3. The molecule has 0 aliphatic carbocycles. The van der Waals surface area contributed by atoms with Crippen LogP contribution in [0.5, 0.6) is 0 Å². The minimum Gasteiger partial charge on any atom is -0.339 e. The normalized spacial score (nSPS) is 20.9. The van der Waals surface area contributed by atoms with E-state index in [4.69, 9.17) is 0 Å². The number of hydrogen-bond acceptors (Lipinski definition) is 6. The maximum atomic E-state index is 12.6. The predicted octanol–water partition coefficient (Wildman–Crippen LogP) is -0.281. The van der Waals surface area contributed by atoms with Crippen molar-refractivity contribution in [1.82, 2.24) is 30.1 Å². The van der Waals surface area contributed by atoms with Gasteiger partial charge in [-0.05, 0) is 18.6 Å². The SMILES string of the molecule is Cl.O=C(Cn1nnc2ccccc2c1=O)N1CCC(N2CCNCC2)C1. The van der Waals surface area contributed by atoms with Gasteiger partial charge >= 0.3 is 0 Å². The lowest BCUT2D eigenvalue weighted by molar-refractivity contribution is -0.131. The number of aromatic nitrogens is 3. The van der Waals surface area contributed by atoms with Crippen LogP contribution in [-0.4, -0.2) is 76.0 Å². The van der Waals surface area contributed by atoms with Crippen molar-refractivity contribution in [3.63, 3.8) is 0 Å². The number of halogens is 1. The number of hydrogen-bond donors (Lipinski definition) is 1. The minimum absolute atomic E-state index is 0. The van der Waals surface area contributed by atoms with Gasteiger partial charge in [0.25, 0.3) is 5.56 Å². The van der Waals surface area contributed by atoms with Crippen molar-refractivity contribution in [2.24, 2.45) is 0 Å². The molecular formula is C17H23ClN6O2. The lowest BCUT2D eigenvalue weighted by Gasteiger charge is -2.32. The molecule has 2 aliphatic rings. The second kappa shape index (κ2) is 8.11. The van der Waals surface area contributed by atoms with Crippen molar-refractivity contribution in [1.29, 1.82) is 0 Å². The first-order chi connectivity index (χ1) is 12.2. The van der Waals surface area contributed by atoms with Gasteiger partial charge in [0.2, 0.25) is 5.91 Å². The van der Waals surface area contributed by atoms with Crippen LogP contribution in [0.4, 0.5) is 0 Å². The Kier molecular flexibility index (Phi) is 5.85. The van der Waals surface area contributed by atoms with Crippen molar-refractivity contribution in [2.75, 3.05) is 39.3 Å². The van der Waals surface area contributed by atoms with Crippen LogP contribution in [-0.2, 0) is 11.3 Å². The van der Waals surface area contributed by atoms with Crippen LogP contribution in [0.1, 0.15) is 6.42 Å². The highest BCUT2D eigenvalue weighted by Gasteiger charge is 2.31. The summed E-state index contributed by atoms with van der Waals surface area (Å²) in [5, 5.41) is 11.8. The molecule has 2 saturated heterocycles. The number of piperazine rings is 1. The summed E-state index contributed by atoms with van der Waals surface area (Å²) in [5.41, 5.74) is 0.285. The Morgan fingerprint density at radius 3 is 2.77 bits per heavy atom. The van der Waals surface area contributed by atoms with E-state index in [0.717, 1.165) is 45.7 Å². The number of likely N-dealkylation sites (tertiary alicyclic amines) is 1. The Bertz CT molecular complexity index is 835. The third-order valence-electron chi connectivity index (χ3n) is 5.10. The molecule has 1 amide bonds. The van der Waals surface area contributed by atoms with Gasteiger partial charge in [-0.25, -0.2) is 4.68 Å². The molecule has 4 rings (SSSR count). The average Bonchev–Trinajstić information content (AvgIpc) is 3.15. The van der Waals surface area contributed by atoms with E-state index >= 15 is 0 Å². The summed E-state index contributed by atoms with van der Waals surface area (Å²) < 4.78 is 1.17. The number of fused-ring (bicyclic) bond motifs is 1. The Labute approximate surface area is 157 Å². The van der Waals surface area contributed by atoms with Gasteiger partial charge < -0.3 is 10.2 Å². The molecule has 1 aromatic carbocycles. The molecule has 8 nitrogen and oxygen atoms in total. The molecule has 3 heterocycles. The first-order valence-electron chi connectivity index (χ1n) is 8.77. The smallest absolute Gasteiger partial charge is 0.278 e. The van der Waals surface area contributed by atoms with Gasteiger partial charge in [0.05, 0.1) is 5.39 Å². The highest BCUT2D eigenvalue weighted by molar-refractivity contribution is 5.85. The number of nitrogens with one attached hydrogen (secondary N) is 1. The summed E-state index contributed by atoms with van der Waals surface area (Å²) in [6.07, 6.45) is 0.990. The molecule has 2 aliphatic heterocycles. The summed E-state index contributed by atoms with van der Waals surface area (Å²) in [5.74, 6) is -0.0654. The second-order valence-corrected chi connectivity index (χ2v) is 6.64. The van der Waals surface area contributed by atoms with Crippen LogP contribution >= 0.6 is 12.4 Å². The zero-order chi connectivity index (χ0) is 17.2. The third-order valence-corrected chi connectivity index (χ3v) is 5.10. The molecule has 26 heavy (non-hydrogen) atoms. The van der Waals surface area contributed by atoms with E-state index in [2.05, 4.69) is 20.5 Å². The summed E-state index contributed by atoms with van der Waals surface area (Å²) in [6, 6.07) is 7.48. The van der Waals surface area contributed by atoms with E-state index in [1.165, 1.54) is 4.68 Å². The van der Waals surface area contributed by atoms with E-state index in [0.29, 0.717) is 16.9 Å². The Morgan fingerprint density at radius 2 is 1.96 bits per heavy atom. The molecule has 0 saturated carbocycles. The first-order valence-corrected chi connectivity index (χ1v) is 8.77.